The van der Waals surface area contributed by atoms with E-state index in [-0.39, 0.29) is 6.71 Å². The first-order valence-electron chi connectivity index (χ1n) is 13.7. The number of nitrogens with zero attached hydrogens (tertiary/aromatic N) is 2. The first kappa shape index (κ1) is 21.7. The maximum absolute atomic E-state index is 6.51. The second-order valence-electron chi connectivity index (χ2n) is 10.5. The van der Waals surface area contributed by atoms with Crippen molar-refractivity contribution in [1.82, 2.24) is 4.57 Å². The molecule has 0 fully saturated rings. The number of ether oxygens (including phenoxy) is 1. The Morgan fingerprint density at radius 3 is 1.95 bits per heavy atom. The molecule has 0 bridgehead atoms. The Bertz CT molecular complexity index is 2060. The average molecular weight is 510 g/mol. The van der Waals surface area contributed by atoms with Crippen LogP contribution in [0.3, 0.4) is 0 Å². The first-order chi connectivity index (χ1) is 19.9. The van der Waals surface area contributed by atoms with Gasteiger partial charge in [-0.2, -0.15) is 0 Å². The van der Waals surface area contributed by atoms with Crippen molar-refractivity contribution in [3.8, 4) is 17.2 Å². The zero-order valence-electron chi connectivity index (χ0n) is 21.7. The summed E-state index contributed by atoms with van der Waals surface area (Å²) < 4.78 is 8.97. The van der Waals surface area contributed by atoms with Crippen LogP contribution in [0.25, 0.3) is 27.5 Å². The number of benzene rings is 6. The molecule has 0 saturated heterocycles. The predicted molar refractivity (Wildman–Crippen MR) is 167 cm³/mol. The second kappa shape index (κ2) is 8.14. The van der Waals surface area contributed by atoms with Crippen LogP contribution in [-0.4, -0.2) is 11.3 Å². The lowest BCUT2D eigenvalue weighted by atomic mass is 9.34. The number of fused-ring (bicyclic) bond motifs is 8. The third kappa shape index (κ3) is 2.90. The van der Waals surface area contributed by atoms with Crippen LogP contribution in [0.4, 0.5) is 17.1 Å². The van der Waals surface area contributed by atoms with Crippen LogP contribution in [0.15, 0.2) is 140 Å². The third-order valence-corrected chi connectivity index (χ3v) is 8.43. The Kier molecular flexibility index (Phi) is 4.41. The standard InChI is InChI=1S/C36H23BN2O/c1-3-11-24(12-4-1)38(25-13-5-2-6-14-25)26-19-20-27-28-21-22-34-35-36(28)39(32(27)23-26)31-17-9-7-15-29(31)37(35)30-16-8-10-18-33(30)40-34/h1-23H. The fourth-order valence-electron chi connectivity index (χ4n) is 6.80. The number of rotatable bonds is 3. The summed E-state index contributed by atoms with van der Waals surface area (Å²) >= 11 is 0. The van der Waals surface area contributed by atoms with Gasteiger partial charge < -0.3 is 14.2 Å². The Morgan fingerprint density at radius 1 is 0.525 bits per heavy atom. The Balaban J connectivity index is 1.37. The number of anilines is 3. The molecule has 0 spiro atoms. The third-order valence-electron chi connectivity index (χ3n) is 8.43. The highest BCUT2D eigenvalue weighted by molar-refractivity contribution is 6.99. The molecule has 2 aliphatic rings. The van der Waals surface area contributed by atoms with Crippen molar-refractivity contribution >= 4 is 62.0 Å². The highest BCUT2D eigenvalue weighted by atomic mass is 16.5. The molecule has 0 radical (unpaired) electrons. The number of hydrogen-bond donors (Lipinski definition) is 0. The van der Waals surface area contributed by atoms with E-state index in [1.807, 2.05) is 0 Å². The summed E-state index contributed by atoms with van der Waals surface area (Å²) in [6.45, 7) is 0.140. The van der Waals surface area contributed by atoms with Gasteiger partial charge in [0, 0.05) is 33.5 Å². The lowest BCUT2D eigenvalue weighted by Crippen LogP contribution is -2.58. The molecule has 0 atom stereocenters. The smallest absolute Gasteiger partial charge is 0.256 e. The fourth-order valence-corrected chi connectivity index (χ4v) is 6.80. The van der Waals surface area contributed by atoms with E-state index in [1.54, 1.807) is 0 Å². The van der Waals surface area contributed by atoms with Crippen molar-refractivity contribution in [2.75, 3.05) is 4.90 Å². The van der Waals surface area contributed by atoms with Gasteiger partial charge in [-0.25, -0.2) is 0 Å². The van der Waals surface area contributed by atoms with Crippen LogP contribution >= 0.6 is 0 Å². The van der Waals surface area contributed by atoms with Gasteiger partial charge in [0.15, 0.2) is 0 Å². The molecule has 2 aliphatic heterocycles. The summed E-state index contributed by atoms with van der Waals surface area (Å²) in [5.74, 6) is 1.90. The van der Waals surface area contributed by atoms with Gasteiger partial charge in [-0.05, 0) is 77.1 Å². The van der Waals surface area contributed by atoms with Crippen LogP contribution < -0.4 is 26.0 Å². The SMILES string of the molecule is c1ccc(N(c2ccccc2)c2ccc3c4ccc5c6c4n(c3c2)-c2ccccc2B6c2ccccc2O5)cc1. The molecule has 6 aromatic carbocycles. The molecule has 9 rings (SSSR count). The van der Waals surface area contributed by atoms with E-state index < -0.39 is 0 Å². The molecule has 40 heavy (non-hydrogen) atoms. The Hall–Kier alpha value is -5.22. The first-order valence-corrected chi connectivity index (χ1v) is 13.7. The highest BCUT2D eigenvalue weighted by Gasteiger charge is 2.40. The van der Waals surface area contributed by atoms with Crippen LogP contribution in [0.5, 0.6) is 11.5 Å². The number of para-hydroxylation sites is 4. The maximum atomic E-state index is 6.51. The molecule has 7 aromatic rings. The van der Waals surface area contributed by atoms with Gasteiger partial charge in [-0.3, -0.25) is 0 Å². The summed E-state index contributed by atoms with van der Waals surface area (Å²) in [4.78, 5) is 2.33. The van der Waals surface area contributed by atoms with Crippen LogP contribution in [0, 0.1) is 0 Å². The van der Waals surface area contributed by atoms with Crippen molar-refractivity contribution in [2.24, 2.45) is 0 Å². The van der Waals surface area contributed by atoms with Gasteiger partial charge in [-0.1, -0.05) is 78.9 Å². The van der Waals surface area contributed by atoms with Gasteiger partial charge in [-0.15, -0.1) is 0 Å². The van der Waals surface area contributed by atoms with Crippen molar-refractivity contribution in [3.63, 3.8) is 0 Å². The van der Waals surface area contributed by atoms with Gasteiger partial charge in [0.05, 0.1) is 11.0 Å². The van der Waals surface area contributed by atoms with Crippen LogP contribution in [-0.2, 0) is 0 Å². The van der Waals surface area contributed by atoms with Gasteiger partial charge in [0.25, 0.3) is 6.71 Å². The summed E-state index contributed by atoms with van der Waals surface area (Å²) in [6, 6.07) is 49.8. The summed E-state index contributed by atoms with van der Waals surface area (Å²) in [5.41, 5.74) is 10.9. The quantitative estimate of drug-likeness (QED) is 0.234. The van der Waals surface area contributed by atoms with Crippen LogP contribution in [0.2, 0.25) is 0 Å². The molecule has 0 saturated carbocycles. The molecule has 0 aliphatic carbocycles. The van der Waals surface area contributed by atoms with Gasteiger partial charge in [0.1, 0.15) is 11.5 Å². The van der Waals surface area contributed by atoms with E-state index >= 15 is 0 Å². The predicted octanol–water partition coefficient (Wildman–Crippen LogP) is 7.19. The fraction of sp³-hybridized carbons (Fsp3) is 0. The van der Waals surface area contributed by atoms with E-state index in [0.29, 0.717) is 0 Å². The minimum Gasteiger partial charge on any atom is -0.458 e. The topological polar surface area (TPSA) is 17.4 Å². The van der Waals surface area contributed by atoms with Crippen molar-refractivity contribution < 1.29 is 4.74 Å². The lowest BCUT2D eigenvalue weighted by molar-refractivity contribution is 0.488. The maximum Gasteiger partial charge on any atom is 0.256 e. The largest absolute Gasteiger partial charge is 0.458 e. The molecule has 0 amide bonds. The van der Waals surface area contributed by atoms with Crippen molar-refractivity contribution in [3.05, 3.63) is 140 Å². The van der Waals surface area contributed by atoms with Crippen molar-refractivity contribution in [1.29, 1.82) is 0 Å². The van der Waals surface area contributed by atoms with E-state index in [2.05, 4.69) is 149 Å². The van der Waals surface area contributed by atoms with E-state index in [4.69, 9.17) is 4.74 Å². The van der Waals surface area contributed by atoms with Gasteiger partial charge in [0.2, 0.25) is 0 Å². The summed E-state index contributed by atoms with van der Waals surface area (Å²) in [7, 11) is 0. The van der Waals surface area contributed by atoms with Gasteiger partial charge >= 0.3 is 0 Å². The highest BCUT2D eigenvalue weighted by Crippen LogP contribution is 2.41. The molecular formula is C36H23BN2O. The molecule has 186 valence electrons. The lowest BCUT2D eigenvalue weighted by Gasteiger charge is -2.32. The molecule has 3 nitrogen and oxygen atoms in total. The molecule has 1 aromatic heterocycles. The summed E-state index contributed by atoms with van der Waals surface area (Å²) in [5, 5.41) is 2.51. The Labute approximate surface area is 232 Å². The molecule has 3 heterocycles. The van der Waals surface area contributed by atoms with E-state index in [9.17, 15) is 0 Å². The van der Waals surface area contributed by atoms with Crippen molar-refractivity contribution in [2.45, 2.75) is 0 Å². The number of aromatic nitrogens is 1. The Morgan fingerprint density at radius 2 is 1.18 bits per heavy atom. The van der Waals surface area contributed by atoms with E-state index in [0.717, 1.165) is 28.6 Å². The van der Waals surface area contributed by atoms with Crippen LogP contribution in [0.1, 0.15) is 0 Å². The minimum absolute atomic E-state index is 0.140. The number of hydrogen-bond acceptors (Lipinski definition) is 2. The summed E-state index contributed by atoms with van der Waals surface area (Å²) in [6.07, 6.45) is 0. The van der Waals surface area contributed by atoms with E-state index in [1.165, 1.54) is 43.9 Å². The zero-order valence-corrected chi connectivity index (χ0v) is 21.7. The monoisotopic (exact) mass is 510 g/mol. The molecular weight excluding hydrogens is 487 g/mol. The molecule has 4 heteroatoms. The molecule has 0 unspecified atom stereocenters. The average Bonchev–Trinajstić information content (AvgIpc) is 3.36. The zero-order chi connectivity index (χ0) is 26.2. The molecule has 0 N–H and O–H groups in total. The normalized spacial score (nSPS) is 12.7. The second-order valence-corrected chi connectivity index (χ2v) is 10.5. The minimum atomic E-state index is 0.140.